The van der Waals surface area contributed by atoms with E-state index in [0.29, 0.717) is 22.2 Å². The van der Waals surface area contributed by atoms with Crippen molar-refractivity contribution in [2.45, 2.75) is 6.92 Å². The number of nitrogens with zero attached hydrogens (tertiary/aromatic N) is 3. The number of rotatable bonds is 4. The van der Waals surface area contributed by atoms with Crippen molar-refractivity contribution in [1.82, 2.24) is 9.97 Å². The summed E-state index contributed by atoms with van der Waals surface area (Å²) < 4.78 is 10.6. The lowest BCUT2D eigenvalue weighted by Crippen LogP contribution is -1.89. The number of aromatic nitrogens is 2. The lowest BCUT2D eigenvalue weighted by Gasteiger charge is -2.04. The van der Waals surface area contributed by atoms with Crippen LogP contribution in [0.5, 0.6) is 11.7 Å². The van der Waals surface area contributed by atoms with Gasteiger partial charge in [-0.3, -0.25) is 0 Å². The highest BCUT2D eigenvalue weighted by molar-refractivity contribution is 6.30. The number of oxazole rings is 1. The standard InChI is InChI=1S/C17H14ClN3O3/c1-10-4-3-7-19-15(10)20-9-13-17(22)24-16(21-13)12-8-11(18)5-6-14(12)23-2/h3-9,22H,1-2H3. The van der Waals surface area contributed by atoms with Crippen molar-refractivity contribution in [1.29, 1.82) is 0 Å². The highest BCUT2D eigenvalue weighted by Crippen LogP contribution is 2.34. The van der Waals surface area contributed by atoms with Crippen molar-refractivity contribution < 1.29 is 14.3 Å². The van der Waals surface area contributed by atoms with Gasteiger partial charge in [0.25, 0.3) is 0 Å². The predicted octanol–water partition coefficient (Wildman–Crippen LogP) is 4.16. The van der Waals surface area contributed by atoms with Crippen LogP contribution in [0.15, 0.2) is 45.9 Å². The number of halogens is 1. The molecular weight excluding hydrogens is 330 g/mol. The van der Waals surface area contributed by atoms with E-state index < -0.39 is 0 Å². The SMILES string of the molecule is COc1ccc(Cl)cc1-c1nc(C=Nc2ncccc2C)c(O)o1. The summed E-state index contributed by atoms with van der Waals surface area (Å²) in [6.07, 6.45) is 3.04. The largest absolute Gasteiger partial charge is 0.496 e. The fourth-order valence-corrected chi connectivity index (χ4v) is 2.28. The summed E-state index contributed by atoms with van der Waals surface area (Å²) in [5.41, 5.74) is 1.64. The molecule has 0 aliphatic rings. The van der Waals surface area contributed by atoms with E-state index in [4.69, 9.17) is 20.8 Å². The smallest absolute Gasteiger partial charge is 0.312 e. The number of methoxy groups -OCH3 is 1. The van der Waals surface area contributed by atoms with Crippen molar-refractivity contribution in [2.24, 2.45) is 4.99 Å². The number of aryl methyl sites for hydroxylation is 1. The molecule has 0 saturated carbocycles. The van der Waals surface area contributed by atoms with Gasteiger partial charge in [-0.05, 0) is 36.8 Å². The molecule has 1 N–H and O–H groups in total. The van der Waals surface area contributed by atoms with Gasteiger partial charge in [0.15, 0.2) is 11.5 Å². The van der Waals surface area contributed by atoms with Gasteiger partial charge in [-0.25, -0.2) is 15.0 Å². The first-order chi connectivity index (χ1) is 11.6. The van der Waals surface area contributed by atoms with Crippen LogP contribution in [-0.4, -0.2) is 28.4 Å². The van der Waals surface area contributed by atoms with E-state index in [1.165, 1.54) is 13.3 Å². The number of pyridine rings is 1. The van der Waals surface area contributed by atoms with E-state index in [-0.39, 0.29) is 17.5 Å². The van der Waals surface area contributed by atoms with E-state index in [2.05, 4.69) is 15.0 Å². The maximum Gasteiger partial charge on any atom is 0.312 e. The number of hydrogen-bond donors (Lipinski definition) is 1. The summed E-state index contributed by atoms with van der Waals surface area (Å²) in [6.45, 7) is 1.89. The number of ether oxygens (including phenoxy) is 1. The van der Waals surface area contributed by atoms with Crippen LogP contribution < -0.4 is 4.74 Å². The molecule has 3 rings (SSSR count). The third-order valence-corrected chi connectivity index (χ3v) is 3.55. The molecule has 0 spiro atoms. The van der Waals surface area contributed by atoms with Crippen LogP contribution in [-0.2, 0) is 0 Å². The van der Waals surface area contributed by atoms with Gasteiger partial charge in [0.2, 0.25) is 5.89 Å². The molecule has 0 amide bonds. The van der Waals surface area contributed by atoms with Crippen molar-refractivity contribution >= 4 is 23.6 Å². The summed E-state index contributed by atoms with van der Waals surface area (Å²) in [5.74, 6) is 0.918. The maximum atomic E-state index is 9.96. The Bertz CT molecular complexity index is 906. The number of hydrogen-bond acceptors (Lipinski definition) is 6. The summed E-state index contributed by atoms with van der Waals surface area (Å²) in [5, 5.41) is 10.5. The van der Waals surface area contributed by atoms with Gasteiger partial charge in [0.05, 0.1) is 18.9 Å². The summed E-state index contributed by atoms with van der Waals surface area (Å²) in [7, 11) is 1.53. The lowest BCUT2D eigenvalue weighted by atomic mass is 10.2. The minimum atomic E-state index is -0.343. The molecular formula is C17H14ClN3O3. The second-order valence-corrected chi connectivity index (χ2v) is 5.39. The molecule has 2 aromatic heterocycles. The quantitative estimate of drug-likeness (QED) is 0.719. The molecule has 1 aromatic carbocycles. The molecule has 0 atom stereocenters. The van der Waals surface area contributed by atoms with Crippen LogP contribution in [0.4, 0.5) is 5.82 Å². The average molecular weight is 344 g/mol. The monoisotopic (exact) mass is 343 g/mol. The van der Waals surface area contributed by atoms with Crippen molar-refractivity contribution in [3.05, 3.63) is 52.8 Å². The first kappa shape index (κ1) is 16.0. The molecule has 2 heterocycles. The van der Waals surface area contributed by atoms with E-state index >= 15 is 0 Å². The zero-order valence-electron chi connectivity index (χ0n) is 13.0. The van der Waals surface area contributed by atoms with Crippen LogP contribution in [0.3, 0.4) is 0 Å². The van der Waals surface area contributed by atoms with E-state index in [1.807, 2.05) is 19.1 Å². The van der Waals surface area contributed by atoms with Crippen molar-refractivity contribution in [3.8, 4) is 23.1 Å². The van der Waals surface area contributed by atoms with Crippen LogP contribution >= 0.6 is 11.6 Å². The molecule has 3 aromatic rings. The molecule has 0 unspecified atom stereocenters. The first-order valence-corrected chi connectivity index (χ1v) is 7.45. The third kappa shape index (κ3) is 3.23. The van der Waals surface area contributed by atoms with E-state index in [1.54, 1.807) is 24.4 Å². The second kappa shape index (κ2) is 6.72. The lowest BCUT2D eigenvalue weighted by molar-refractivity contribution is 0.336. The zero-order valence-corrected chi connectivity index (χ0v) is 13.8. The Morgan fingerprint density at radius 2 is 2.17 bits per heavy atom. The predicted molar refractivity (Wildman–Crippen MR) is 91.4 cm³/mol. The molecule has 6 nitrogen and oxygen atoms in total. The van der Waals surface area contributed by atoms with Gasteiger partial charge in [-0.2, -0.15) is 0 Å². The zero-order chi connectivity index (χ0) is 17.1. The fourth-order valence-electron chi connectivity index (χ4n) is 2.11. The molecule has 0 aliphatic carbocycles. The summed E-state index contributed by atoms with van der Waals surface area (Å²) >= 11 is 6.01. The van der Waals surface area contributed by atoms with E-state index in [9.17, 15) is 5.11 Å². The normalized spacial score (nSPS) is 11.1. The molecule has 0 radical (unpaired) electrons. The molecule has 24 heavy (non-hydrogen) atoms. The van der Waals surface area contributed by atoms with Crippen LogP contribution in [0.25, 0.3) is 11.5 Å². The van der Waals surface area contributed by atoms with Gasteiger partial charge in [-0.1, -0.05) is 17.7 Å². The number of aromatic hydroxyl groups is 1. The van der Waals surface area contributed by atoms with Gasteiger partial charge < -0.3 is 14.3 Å². The van der Waals surface area contributed by atoms with Crippen LogP contribution in [0.1, 0.15) is 11.3 Å². The Morgan fingerprint density at radius 3 is 2.92 bits per heavy atom. The molecule has 122 valence electrons. The molecule has 0 saturated heterocycles. The Labute approximate surface area is 143 Å². The van der Waals surface area contributed by atoms with Gasteiger partial charge in [0.1, 0.15) is 5.75 Å². The number of aliphatic imine (C=N–C) groups is 1. The van der Waals surface area contributed by atoms with Crippen molar-refractivity contribution in [3.63, 3.8) is 0 Å². The number of benzene rings is 1. The molecule has 0 aliphatic heterocycles. The Kier molecular flexibility index (Phi) is 4.48. The molecule has 0 bridgehead atoms. The van der Waals surface area contributed by atoms with Crippen LogP contribution in [0, 0.1) is 6.92 Å². The molecule has 7 heteroatoms. The van der Waals surface area contributed by atoms with Crippen molar-refractivity contribution in [2.75, 3.05) is 7.11 Å². The van der Waals surface area contributed by atoms with Gasteiger partial charge >= 0.3 is 5.95 Å². The minimum Gasteiger partial charge on any atom is -0.496 e. The summed E-state index contributed by atoms with van der Waals surface area (Å²) in [6, 6.07) is 8.76. The topological polar surface area (TPSA) is 80.7 Å². The highest BCUT2D eigenvalue weighted by atomic mass is 35.5. The van der Waals surface area contributed by atoms with Gasteiger partial charge in [-0.15, -0.1) is 0 Å². The minimum absolute atomic E-state index is 0.186. The Morgan fingerprint density at radius 1 is 1.33 bits per heavy atom. The first-order valence-electron chi connectivity index (χ1n) is 7.08. The Balaban J connectivity index is 1.97. The fraction of sp³-hybridized carbons (Fsp3) is 0.118. The maximum absolute atomic E-state index is 9.96. The van der Waals surface area contributed by atoms with E-state index in [0.717, 1.165) is 5.56 Å². The highest BCUT2D eigenvalue weighted by Gasteiger charge is 2.16. The van der Waals surface area contributed by atoms with Crippen LogP contribution in [0.2, 0.25) is 5.02 Å². The summed E-state index contributed by atoms with van der Waals surface area (Å²) in [4.78, 5) is 12.6. The third-order valence-electron chi connectivity index (χ3n) is 3.32. The Hall–Kier alpha value is -2.86. The van der Waals surface area contributed by atoms with Gasteiger partial charge in [0, 0.05) is 11.2 Å². The average Bonchev–Trinajstić information content (AvgIpc) is 2.95. The second-order valence-electron chi connectivity index (χ2n) is 4.96. The molecule has 0 fully saturated rings.